The van der Waals surface area contributed by atoms with Crippen LogP contribution in [-0.2, 0) is 0 Å². The smallest absolute Gasteiger partial charge is 0.0280 e. The monoisotopic (exact) mass is 283 g/mol. The quantitative estimate of drug-likeness (QED) is 0.665. The normalized spacial score (nSPS) is 56.1. The third kappa shape index (κ3) is 1.38. The minimum Gasteiger partial charge on any atom is -0.298 e. The topological polar surface area (TPSA) is 3.24 Å². The lowest BCUT2D eigenvalue weighted by Gasteiger charge is -2.63. The lowest BCUT2D eigenvalue weighted by atomic mass is 9.52. The van der Waals surface area contributed by atoms with Crippen LogP contribution in [0.25, 0.3) is 0 Å². The highest BCUT2D eigenvalue weighted by atomic mass is 79.9. The molecule has 4 saturated carbocycles. The summed E-state index contributed by atoms with van der Waals surface area (Å²) in [4.78, 5) is 2.88. The Morgan fingerprint density at radius 3 is 2.12 bits per heavy atom. The SMILES string of the molecule is BrC12C[C@H]3C[C@@H](C1)CC(N1CCCC1)(C3)C2. The van der Waals surface area contributed by atoms with Gasteiger partial charge in [-0.2, -0.15) is 0 Å². The van der Waals surface area contributed by atoms with Crippen molar-refractivity contribution >= 4 is 15.9 Å². The Morgan fingerprint density at radius 1 is 0.938 bits per heavy atom. The highest BCUT2D eigenvalue weighted by Gasteiger charge is 2.58. The summed E-state index contributed by atoms with van der Waals surface area (Å²) in [6, 6.07) is 0. The van der Waals surface area contributed by atoms with Crippen LogP contribution < -0.4 is 0 Å². The lowest BCUT2D eigenvalue weighted by molar-refractivity contribution is -0.0662. The number of alkyl halides is 1. The van der Waals surface area contributed by atoms with E-state index in [1.165, 1.54) is 58.0 Å². The minimum atomic E-state index is 0.541. The van der Waals surface area contributed by atoms with Crippen molar-refractivity contribution in [3.05, 3.63) is 0 Å². The van der Waals surface area contributed by atoms with Crippen molar-refractivity contribution in [1.82, 2.24) is 4.90 Å². The molecule has 0 spiro atoms. The van der Waals surface area contributed by atoms with Crippen molar-refractivity contribution in [3.8, 4) is 0 Å². The number of hydrogen-bond donors (Lipinski definition) is 0. The fourth-order valence-corrected chi connectivity index (χ4v) is 7.10. The molecule has 16 heavy (non-hydrogen) atoms. The largest absolute Gasteiger partial charge is 0.298 e. The highest BCUT2D eigenvalue weighted by molar-refractivity contribution is 9.10. The molecule has 1 saturated heterocycles. The first-order chi connectivity index (χ1) is 7.68. The zero-order chi connectivity index (χ0) is 10.8. The number of nitrogens with zero attached hydrogens (tertiary/aromatic N) is 1. The molecule has 1 aliphatic heterocycles. The molecule has 5 aliphatic rings. The molecule has 0 radical (unpaired) electrons. The summed E-state index contributed by atoms with van der Waals surface area (Å²) < 4.78 is 0.541. The number of likely N-dealkylation sites (tertiary alicyclic amines) is 1. The van der Waals surface area contributed by atoms with Crippen molar-refractivity contribution in [1.29, 1.82) is 0 Å². The molecule has 5 rings (SSSR count). The Kier molecular flexibility index (Phi) is 2.11. The predicted octanol–water partition coefficient (Wildman–Crippen LogP) is 3.57. The zero-order valence-electron chi connectivity index (χ0n) is 10.1. The average molecular weight is 284 g/mol. The maximum Gasteiger partial charge on any atom is 0.0280 e. The van der Waals surface area contributed by atoms with E-state index in [2.05, 4.69) is 20.8 Å². The number of rotatable bonds is 1. The van der Waals surface area contributed by atoms with Gasteiger partial charge in [-0.3, -0.25) is 4.90 Å². The van der Waals surface area contributed by atoms with Gasteiger partial charge >= 0.3 is 0 Å². The van der Waals surface area contributed by atoms with E-state index in [9.17, 15) is 0 Å². The van der Waals surface area contributed by atoms with E-state index in [4.69, 9.17) is 0 Å². The van der Waals surface area contributed by atoms with E-state index in [1.807, 2.05) is 0 Å². The van der Waals surface area contributed by atoms with E-state index >= 15 is 0 Å². The first-order valence-electron chi connectivity index (χ1n) is 7.12. The van der Waals surface area contributed by atoms with E-state index in [0.29, 0.717) is 9.86 Å². The predicted molar refractivity (Wildman–Crippen MR) is 69.9 cm³/mol. The molecular weight excluding hydrogens is 262 g/mol. The van der Waals surface area contributed by atoms with Gasteiger partial charge in [-0.1, -0.05) is 15.9 Å². The second-order valence-corrected chi connectivity index (χ2v) is 8.71. The van der Waals surface area contributed by atoms with Crippen LogP contribution in [0.2, 0.25) is 0 Å². The van der Waals surface area contributed by atoms with E-state index in [0.717, 1.165) is 11.8 Å². The Morgan fingerprint density at radius 2 is 1.56 bits per heavy atom. The number of hydrogen-bond acceptors (Lipinski definition) is 1. The molecule has 0 aromatic heterocycles. The molecule has 0 aromatic carbocycles. The zero-order valence-corrected chi connectivity index (χ0v) is 11.6. The van der Waals surface area contributed by atoms with Gasteiger partial charge < -0.3 is 0 Å². The highest BCUT2D eigenvalue weighted by Crippen LogP contribution is 2.62. The molecule has 2 heteroatoms. The van der Waals surface area contributed by atoms with E-state index in [1.54, 1.807) is 6.42 Å². The Labute approximate surface area is 107 Å². The Bertz CT molecular complexity index is 294. The van der Waals surface area contributed by atoms with E-state index < -0.39 is 0 Å². The maximum atomic E-state index is 4.11. The van der Waals surface area contributed by atoms with Crippen LogP contribution >= 0.6 is 15.9 Å². The standard InChI is InChI=1S/C14H22BrN/c15-13-6-11-5-12(7-13)9-14(8-11,10-13)16-3-1-2-4-16/h11-12H,1-10H2/t11-,12+,13?,14?. The van der Waals surface area contributed by atoms with Crippen molar-refractivity contribution in [2.75, 3.05) is 13.1 Å². The van der Waals surface area contributed by atoms with Crippen LogP contribution in [0.4, 0.5) is 0 Å². The summed E-state index contributed by atoms with van der Waals surface area (Å²) in [5.41, 5.74) is 0.629. The summed E-state index contributed by atoms with van der Waals surface area (Å²) >= 11 is 4.11. The van der Waals surface area contributed by atoms with E-state index in [-0.39, 0.29) is 0 Å². The summed E-state index contributed by atoms with van der Waals surface area (Å²) in [6.45, 7) is 2.78. The average Bonchev–Trinajstić information content (AvgIpc) is 2.65. The van der Waals surface area contributed by atoms with Crippen molar-refractivity contribution < 1.29 is 0 Å². The van der Waals surface area contributed by atoms with Gasteiger partial charge in [-0.15, -0.1) is 0 Å². The Balaban J connectivity index is 1.68. The summed E-state index contributed by atoms with van der Waals surface area (Å²) in [6.07, 6.45) is 11.9. The molecular formula is C14H22BrN. The summed E-state index contributed by atoms with van der Waals surface area (Å²) in [5, 5.41) is 0. The van der Waals surface area contributed by atoms with Gasteiger partial charge in [0.2, 0.25) is 0 Å². The van der Waals surface area contributed by atoms with Crippen molar-refractivity contribution in [2.45, 2.75) is 61.2 Å². The summed E-state index contributed by atoms with van der Waals surface area (Å²) in [7, 11) is 0. The molecule has 0 aromatic rings. The van der Waals surface area contributed by atoms with Crippen LogP contribution in [0.3, 0.4) is 0 Å². The maximum absolute atomic E-state index is 4.11. The van der Waals surface area contributed by atoms with Gasteiger partial charge in [0.15, 0.2) is 0 Å². The van der Waals surface area contributed by atoms with Crippen molar-refractivity contribution in [2.24, 2.45) is 11.8 Å². The third-order valence-corrected chi connectivity index (χ3v) is 6.66. The fraction of sp³-hybridized carbons (Fsp3) is 1.00. The van der Waals surface area contributed by atoms with Gasteiger partial charge in [0, 0.05) is 9.86 Å². The first-order valence-corrected chi connectivity index (χ1v) is 7.91. The van der Waals surface area contributed by atoms with Crippen LogP contribution in [-0.4, -0.2) is 27.9 Å². The van der Waals surface area contributed by atoms with Crippen LogP contribution in [0.1, 0.15) is 51.4 Å². The van der Waals surface area contributed by atoms with Gasteiger partial charge in [0.1, 0.15) is 0 Å². The third-order valence-electron chi connectivity index (χ3n) is 5.74. The lowest BCUT2D eigenvalue weighted by Crippen LogP contribution is -2.63. The molecule has 1 nitrogen and oxygen atoms in total. The second-order valence-electron chi connectivity index (χ2n) is 7.03. The second kappa shape index (κ2) is 3.26. The molecule has 5 fully saturated rings. The van der Waals surface area contributed by atoms with Crippen LogP contribution in [0.5, 0.6) is 0 Å². The van der Waals surface area contributed by atoms with Crippen molar-refractivity contribution in [3.63, 3.8) is 0 Å². The van der Waals surface area contributed by atoms with Gasteiger partial charge in [0.05, 0.1) is 0 Å². The van der Waals surface area contributed by atoms with Crippen LogP contribution in [0, 0.1) is 11.8 Å². The molecule has 90 valence electrons. The minimum absolute atomic E-state index is 0.541. The molecule has 4 aliphatic carbocycles. The number of halogens is 1. The van der Waals surface area contributed by atoms with Crippen LogP contribution in [0.15, 0.2) is 0 Å². The molecule has 0 amide bonds. The van der Waals surface area contributed by atoms with Gasteiger partial charge in [-0.05, 0) is 76.3 Å². The molecule has 4 bridgehead atoms. The van der Waals surface area contributed by atoms with Gasteiger partial charge in [-0.25, -0.2) is 0 Å². The molecule has 1 heterocycles. The fourth-order valence-electron chi connectivity index (χ4n) is 5.67. The first kappa shape index (κ1) is 10.4. The molecule has 4 atom stereocenters. The molecule has 0 N–H and O–H groups in total. The molecule has 2 unspecified atom stereocenters. The summed E-state index contributed by atoms with van der Waals surface area (Å²) in [5.74, 6) is 2.09. The Hall–Kier alpha value is 0.440. The van der Waals surface area contributed by atoms with Gasteiger partial charge in [0.25, 0.3) is 0 Å².